The molecule has 31 heteroatoms. The third kappa shape index (κ3) is 21.0. The van der Waals surface area contributed by atoms with E-state index in [9.17, 15) is 19.2 Å². The fourth-order valence-corrected chi connectivity index (χ4v) is 21.5. The summed E-state index contributed by atoms with van der Waals surface area (Å²) in [4.78, 5) is 89.5. The van der Waals surface area contributed by atoms with Gasteiger partial charge in [0.1, 0.15) is 45.8 Å². The number of nitrogens with one attached hydrogen (secondary N) is 2. The number of rotatable bonds is 31. The van der Waals surface area contributed by atoms with Gasteiger partial charge in [-0.05, 0) is 319 Å². The van der Waals surface area contributed by atoms with Gasteiger partial charge >= 0.3 is 0 Å². The zero-order valence-corrected chi connectivity index (χ0v) is 83.0. The van der Waals surface area contributed by atoms with Crippen molar-refractivity contribution in [2.75, 3.05) is 174 Å². The van der Waals surface area contributed by atoms with Crippen LogP contribution in [0.1, 0.15) is 164 Å². The molecule has 740 valence electrons. The fourth-order valence-electron chi connectivity index (χ4n) is 21.5. The molecule has 10 aromatic heterocycles. The number of benzene rings is 4. The number of ketones is 1. The van der Waals surface area contributed by atoms with Gasteiger partial charge in [0, 0.05) is 105 Å². The summed E-state index contributed by atoms with van der Waals surface area (Å²) in [5, 5.41) is 11.2. The first-order valence-electron chi connectivity index (χ1n) is 50.4. The first-order chi connectivity index (χ1) is 68.2. The number of carbonyl (C=O) groups excluding carboxylic acids is 2. The fraction of sp³-hybridized carbons (Fsp3) is 0.486. The molecule has 0 bridgehead atoms. The van der Waals surface area contributed by atoms with Gasteiger partial charge in [-0.1, -0.05) is 0 Å². The monoisotopic (exact) mass is 1910 g/mol. The van der Waals surface area contributed by atoms with E-state index in [1.54, 1.807) is 40.2 Å². The highest BCUT2D eigenvalue weighted by Crippen LogP contribution is 2.47. The lowest BCUT2D eigenvalue weighted by Crippen LogP contribution is -2.43. The number of H-pyrrole nitrogens is 2. The number of aromatic amines is 2. The van der Waals surface area contributed by atoms with Crippen LogP contribution in [0.2, 0.25) is 0 Å². The molecule has 140 heavy (non-hydrogen) atoms. The molecular weight excluding hydrogens is 1780 g/mol. The molecule has 6 saturated heterocycles. The van der Waals surface area contributed by atoms with Crippen molar-refractivity contribution in [2.24, 2.45) is 13.0 Å². The van der Waals surface area contributed by atoms with Crippen LogP contribution in [0, 0.1) is 33.6 Å². The van der Waals surface area contributed by atoms with Crippen molar-refractivity contribution in [1.29, 1.82) is 0 Å². The third-order valence-electron chi connectivity index (χ3n) is 29.1. The third-order valence-corrected chi connectivity index (χ3v) is 29.1. The van der Waals surface area contributed by atoms with Crippen molar-refractivity contribution in [2.45, 2.75) is 162 Å². The largest absolute Gasteiger partial charge is 0.493 e. The molecule has 7 aliphatic heterocycles. The van der Waals surface area contributed by atoms with Crippen LogP contribution in [0.25, 0.3) is 111 Å². The molecule has 1 aliphatic carbocycles. The van der Waals surface area contributed by atoms with Gasteiger partial charge in [-0.15, -0.1) is 0 Å². The predicted octanol–water partition coefficient (Wildman–Crippen LogP) is 18.0. The van der Waals surface area contributed by atoms with Crippen LogP contribution >= 0.6 is 0 Å². The number of piperidine rings is 2. The zero-order valence-electron chi connectivity index (χ0n) is 83.0. The van der Waals surface area contributed by atoms with Crippen LogP contribution in [0.5, 0.6) is 46.0 Å². The van der Waals surface area contributed by atoms with E-state index in [1.165, 1.54) is 108 Å². The summed E-state index contributed by atoms with van der Waals surface area (Å²) >= 11 is 0. The molecule has 0 radical (unpaired) electrons. The van der Waals surface area contributed by atoms with Crippen LogP contribution in [0.4, 0.5) is 0 Å². The lowest BCUT2D eigenvalue weighted by molar-refractivity contribution is 0.0617. The van der Waals surface area contributed by atoms with Gasteiger partial charge in [-0.25, -0.2) is 19.9 Å². The van der Waals surface area contributed by atoms with Gasteiger partial charge in [-0.3, -0.25) is 38.7 Å². The number of likely N-dealkylation sites (tertiary alicyclic amines) is 6. The molecule has 0 spiro atoms. The molecule has 22 rings (SSSR count). The second-order valence-electron chi connectivity index (χ2n) is 38.9. The van der Waals surface area contributed by atoms with Gasteiger partial charge in [-0.2, -0.15) is 0 Å². The second kappa shape index (κ2) is 43.3. The Hall–Kier alpha value is -12.5. The van der Waals surface area contributed by atoms with E-state index in [1.807, 2.05) is 130 Å². The number of pyridine rings is 4. The number of aromatic nitrogens is 8. The highest BCUT2D eigenvalue weighted by molar-refractivity contribution is 6.12. The van der Waals surface area contributed by atoms with Crippen molar-refractivity contribution in [1.82, 2.24) is 73.8 Å². The quantitative estimate of drug-likeness (QED) is 0.0381. The van der Waals surface area contributed by atoms with Crippen LogP contribution in [0.3, 0.4) is 0 Å². The number of Topliss-reactive ketones (excluding diaryl/α,β-unsaturated/α-hetero) is 1. The normalized spacial score (nSPS) is 17.0. The van der Waals surface area contributed by atoms with E-state index >= 15 is 0 Å². The van der Waals surface area contributed by atoms with Gasteiger partial charge in [0.15, 0.2) is 74.8 Å². The lowest BCUT2D eigenvalue weighted by Gasteiger charge is -2.35. The minimum atomic E-state index is -0.153. The van der Waals surface area contributed by atoms with Gasteiger partial charge in [0.05, 0.1) is 110 Å². The molecule has 0 saturated carbocycles. The van der Waals surface area contributed by atoms with E-state index in [4.69, 9.17) is 75.5 Å². The predicted molar refractivity (Wildman–Crippen MR) is 543 cm³/mol. The molecule has 4 aromatic carbocycles. The van der Waals surface area contributed by atoms with Crippen LogP contribution in [-0.4, -0.2) is 265 Å². The minimum absolute atomic E-state index is 0.0502. The molecular formula is C109H133N15O16. The summed E-state index contributed by atoms with van der Waals surface area (Å²) in [6.45, 7) is 29.1. The summed E-state index contributed by atoms with van der Waals surface area (Å²) in [6.07, 6.45) is 19.5. The summed E-state index contributed by atoms with van der Waals surface area (Å²) in [6, 6.07) is 30.8. The smallest absolute Gasteiger partial charge is 0.276 e. The zero-order chi connectivity index (χ0) is 96.8. The molecule has 6 fully saturated rings. The van der Waals surface area contributed by atoms with Crippen LogP contribution in [-0.2, 0) is 26.6 Å². The molecule has 14 aromatic rings. The number of aryl methyl sites for hydroxylation is 6. The van der Waals surface area contributed by atoms with Crippen LogP contribution < -0.4 is 49.0 Å². The number of hydrogen-bond acceptors (Lipinski definition) is 26. The lowest BCUT2D eigenvalue weighted by atomic mass is 9.97. The number of hydrogen-bond donors (Lipinski definition) is 2. The summed E-state index contributed by atoms with van der Waals surface area (Å²) in [7, 11) is 12.6. The molecule has 0 unspecified atom stereocenters. The SMILES string of the molecule is COc1cc2c(cc1OCCCN1CCCC1)nc(-c1ccc(C)o1)c1c(=O)n(C)[nH]c12.COc1cc2c(cc1OCCCN1CCCC1)nc(-c1ccc(C)o1)c1c(=O)n(CC3CCN(C)CC3)[nH]c12.COc1cc2c3c(c(-c4ccc(C)o4)nc2cc1OCCCN1CCCC1)C(=O)CC3.COc1cc2c3c(c(-c4ccc(C)o4)nc2cc1OCCCN1CCCC1)C(=O)N(C1CCN(C)CC1)C3. The Kier molecular flexibility index (Phi) is 29.8. The number of nitrogens with zero attached hydrogens (tertiary/aromatic N) is 13. The number of amides is 1. The average molecular weight is 1910 g/mol. The molecule has 8 aliphatic rings. The van der Waals surface area contributed by atoms with Crippen molar-refractivity contribution >= 4 is 77.1 Å². The maximum Gasteiger partial charge on any atom is 0.276 e. The van der Waals surface area contributed by atoms with E-state index < -0.39 is 0 Å². The van der Waals surface area contributed by atoms with E-state index in [0.717, 1.165) is 182 Å². The van der Waals surface area contributed by atoms with E-state index in [-0.39, 0.29) is 28.9 Å². The Morgan fingerprint density at radius 2 is 0.714 bits per heavy atom. The first-order valence-corrected chi connectivity index (χ1v) is 50.4. The first kappa shape index (κ1) is 96.4. The highest BCUT2D eigenvalue weighted by atomic mass is 16.5. The molecule has 0 atom stereocenters. The Labute approximate surface area is 815 Å². The molecule has 2 N–H and O–H groups in total. The van der Waals surface area contributed by atoms with Gasteiger partial charge in [0.25, 0.3) is 17.0 Å². The summed E-state index contributed by atoms with van der Waals surface area (Å²) in [5.41, 5.74) is 9.95. The maximum atomic E-state index is 13.9. The summed E-state index contributed by atoms with van der Waals surface area (Å²) < 4.78 is 74.1. The van der Waals surface area contributed by atoms with Crippen LogP contribution in [0.15, 0.2) is 124 Å². The van der Waals surface area contributed by atoms with E-state index in [0.29, 0.717) is 183 Å². The van der Waals surface area contributed by atoms with E-state index in [2.05, 4.69) is 53.7 Å². The number of carbonyl (C=O) groups is 2. The van der Waals surface area contributed by atoms with Gasteiger partial charge < -0.3 is 89.9 Å². The number of fused-ring (bicyclic) bond motifs is 12. The van der Waals surface area contributed by atoms with Crippen molar-refractivity contribution < 1.29 is 65.2 Å². The highest BCUT2D eigenvalue weighted by Gasteiger charge is 2.40. The molecule has 1 amide bonds. The minimum Gasteiger partial charge on any atom is -0.493 e. The number of furan rings is 4. The molecule has 31 nitrogen and oxygen atoms in total. The van der Waals surface area contributed by atoms with Crippen molar-refractivity contribution in [3.8, 4) is 91.8 Å². The molecule has 17 heterocycles. The number of ether oxygens (including phenoxy) is 8. The maximum absolute atomic E-state index is 13.9. The Bertz CT molecular complexity index is 6910. The van der Waals surface area contributed by atoms with Gasteiger partial charge in [0.2, 0.25) is 0 Å². The second-order valence-corrected chi connectivity index (χ2v) is 38.9. The average Bonchev–Trinajstić information content (AvgIpc) is 1.58. The Morgan fingerprint density at radius 3 is 1.10 bits per heavy atom. The Balaban J connectivity index is 0.000000119. The summed E-state index contributed by atoms with van der Waals surface area (Å²) in [5.74, 6) is 11.5. The standard InChI is InChI=1S/C30H39N5O4.C30H38N4O4.C25H28N2O4.C24H28N4O4/c1-20-7-8-24(39-20)29-27-28(32-35(30(27)36)19-21-9-14-33(2)15-10-21)22-17-25(37-3)26(18-23(22)31-29)38-16-6-13-34-11-4-5-12-34;1-20-7-8-25(38-20)29-28-23(19-34(30(28)35)21-9-14-32(2)15-10-21)22-17-26(36-3)27(18-24(22)31-29)37-16-6-13-33-11-4-5-12-33;1-16-6-9-21(31-16)25-24-17(7-8-20(24)28)18-14-22(29-2)23(15-19(18)26-25)30-13-5-12-27-10-3-4-11-27;1-15-7-8-18(32-15)23-21-22(26-27(2)24(21)29)16-13-19(30-3)20(14-17(16)25-23)31-12-6-11-28-9-4-5-10-28/h7-8,17-18,21,32H,4-6,9-16,19H2,1-3H3;7-8,17-18,21H,4-6,9-16,19H2,1-3H3;6,9,14-15H,3-5,7-8,10-13H2,1-2H3;7-8,13-14,26H,4-6,9-12H2,1-3H3. The number of methoxy groups -OCH3 is 4. The Morgan fingerprint density at radius 1 is 0.371 bits per heavy atom. The topological polar surface area (TPSA) is 310 Å². The van der Waals surface area contributed by atoms with Crippen molar-refractivity contribution in [3.63, 3.8) is 0 Å². The van der Waals surface area contributed by atoms with Crippen molar-refractivity contribution in [3.05, 3.63) is 163 Å².